The van der Waals surface area contributed by atoms with Crippen LogP contribution in [0.25, 0.3) is 5.65 Å². The van der Waals surface area contributed by atoms with E-state index in [4.69, 9.17) is 5.73 Å². The molecule has 7 nitrogen and oxygen atoms in total. The number of pyridine rings is 1. The number of nitrogens with zero attached hydrogens (tertiary/aromatic N) is 6. The first-order valence-corrected chi connectivity index (χ1v) is 8.53. The van der Waals surface area contributed by atoms with Crippen LogP contribution < -0.4 is 10.6 Å². The lowest BCUT2D eigenvalue weighted by Gasteiger charge is -2.37. The van der Waals surface area contributed by atoms with Crippen LogP contribution in [0.5, 0.6) is 0 Å². The molecular weight excluding hydrogens is 310 g/mol. The number of aromatic nitrogens is 4. The standard InChI is InChI=1S/C15H19N7S/c1-11(12-2-4-21-5-3-17-13(21)10-12)20-6-8-22(9-7-20)15-19-18-14(16)23-15/h2-5,10-11H,6-9H2,1H3,(H2,16,18). The number of imidazole rings is 1. The Morgan fingerprint density at radius 1 is 1.17 bits per heavy atom. The minimum Gasteiger partial charge on any atom is -0.374 e. The number of rotatable bonds is 3. The average Bonchev–Trinajstić information content (AvgIpc) is 3.22. The predicted molar refractivity (Wildman–Crippen MR) is 91.7 cm³/mol. The molecular formula is C15H19N7S. The van der Waals surface area contributed by atoms with Crippen molar-refractivity contribution >= 4 is 27.2 Å². The molecule has 0 amide bonds. The number of anilines is 2. The molecule has 4 heterocycles. The van der Waals surface area contributed by atoms with E-state index >= 15 is 0 Å². The molecule has 1 atom stereocenters. The van der Waals surface area contributed by atoms with Gasteiger partial charge in [0.2, 0.25) is 10.3 Å². The van der Waals surface area contributed by atoms with Crippen molar-refractivity contribution in [3.63, 3.8) is 0 Å². The number of fused-ring (bicyclic) bond motifs is 1. The van der Waals surface area contributed by atoms with Gasteiger partial charge in [-0.2, -0.15) is 0 Å². The van der Waals surface area contributed by atoms with Gasteiger partial charge in [-0.05, 0) is 24.6 Å². The molecule has 1 aliphatic rings. The van der Waals surface area contributed by atoms with E-state index in [-0.39, 0.29) is 0 Å². The van der Waals surface area contributed by atoms with E-state index in [1.165, 1.54) is 16.9 Å². The highest BCUT2D eigenvalue weighted by molar-refractivity contribution is 7.18. The van der Waals surface area contributed by atoms with Crippen LogP contribution in [0.15, 0.2) is 30.7 Å². The minimum atomic E-state index is 0.373. The van der Waals surface area contributed by atoms with Gasteiger partial charge >= 0.3 is 0 Å². The van der Waals surface area contributed by atoms with Crippen LogP contribution in [-0.4, -0.2) is 50.7 Å². The first kappa shape index (κ1) is 14.4. The van der Waals surface area contributed by atoms with Crippen LogP contribution in [0.3, 0.4) is 0 Å². The Labute approximate surface area is 138 Å². The first-order valence-electron chi connectivity index (χ1n) is 7.71. The number of hydrogen-bond acceptors (Lipinski definition) is 7. The monoisotopic (exact) mass is 329 g/mol. The Balaban J connectivity index is 1.44. The van der Waals surface area contributed by atoms with Crippen molar-refractivity contribution in [2.24, 2.45) is 0 Å². The molecule has 3 aromatic rings. The minimum absolute atomic E-state index is 0.373. The summed E-state index contributed by atoms with van der Waals surface area (Å²) in [7, 11) is 0. The third kappa shape index (κ3) is 2.75. The Hall–Kier alpha value is -2.19. The molecule has 120 valence electrons. The molecule has 1 aliphatic heterocycles. The molecule has 0 aromatic carbocycles. The highest BCUT2D eigenvalue weighted by Crippen LogP contribution is 2.26. The summed E-state index contributed by atoms with van der Waals surface area (Å²) in [6.45, 7) is 6.16. The molecule has 1 unspecified atom stereocenters. The van der Waals surface area contributed by atoms with Gasteiger partial charge in [0.1, 0.15) is 5.65 Å². The van der Waals surface area contributed by atoms with Crippen molar-refractivity contribution < 1.29 is 0 Å². The fourth-order valence-electron chi connectivity index (χ4n) is 3.05. The molecule has 0 saturated carbocycles. The SMILES string of the molecule is CC(c1ccn2ccnc2c1)N1CCN(c2nnc(N)s2)CC1. The molecule has 3 aromatic heterocycles. The molecule has 2 N–H and O–H groups in total. The van der Waals surface area contributed by atoms with Crippen LogP contribution in [0, 0.1) is 0 Å². The van der Waals surface area contributed by atoms with Crippen molar-refractivity contribution in [1.82, 2.24) is 24.5 Å². The highest BCUT2D eigenvalue weighted by Gasteiger charge is 2.24. The van der Waals surface area contributed by atoms with Crippen LogP contribution in [0.2, 0.25) is 0 Å². The Morgan fingerprint density at radius 2 is 2.00 bits per heavy atom. The van der Waals surface area contributed by atoms with Gasteiger partial charge in [0.15, 0.2) is 0 Å². The predicted octanol–water partition coefficient (Wildman–Crippen LogP) is 1.65. The third-order valence-electron chi connectivity index (χ3n) is 4.47. The fourth-order valence-corrected chi connectivity index (χ4v) is 3.71. The quantitative estimate of drug-likeness (QED) is 0.787. The van der Waals surface area contributed by atoms with Crippen molar-refractivity contribution in [3.8, 4) is 0 Å². The summed E-state index contributed by atoms with van der Waals surface area (Å²) >= 11 is 1.45. The zero-order valence-corrected chi connectivity index (χ0v) is 13.8. The smallest absolute Gasteiger partial charge is 0.210 e. The van der Waals surface area contributed by atoms with Crippen molar-refractivity contribution in [1.29, 1.82) is 0 Å². The molecule has 1 saturated heterocycles. The molecule has 0 aliphatic carbocycles. The van der Waals surface area contributed by atoms with Crippen LogP contribution in [0.4, 0.5) is 10.3 Å². The zero-order chi connectivity index (χ0) is 15.8. The molecule has 1 fully saturated rings. The normalized spacial score (nSPS) is 17.7. The van der Waals surface area contributed by atoms with Gasteiger partial charge in [-0.1, -0.05) is 11.3 Å². The summed E-state index contributed by atoms with van der Waals surface area (Å²) in [6, 6.07) is 4.72. The molecule has 8 heteroatoms. The maximum absolute atomic E-state index is 5.67. The van der Waals surface area contributed by atoms with Gasteiger partial charge in [0.25, 0.3) is 0 Å². The van der Waals surface area contributed by atoms with Crippen molar-refractivity contribution in [2.45, 2.75) is 13.0 Å². The lowest BCUT2D eigenvalue weighted by molar-refractivity contribution is 0.198. The number of nitrogen functional groups attached to an aromatic ring is 1. The summed E-state index contributed by atoms with van der Waals surface area (Å²) in [6.07, 6.45) is 5.88. The van der Waals surface area contributed by atoms with Gasteiger partial charge in [-0.3, -0.25) is 4.90 Å². The van der Waals surface area contributed by atoms with Crippen LogP contribution >= 0.6 is 11.3 Å². The first-order chi connectivity index (χ1) is 11.2. The van der Waals surface area contributed by atoms with Crippen molar-refractivity contribution in [3.05, 3.63) is 36.3 Å². The largest absolute Gasteiger partial charge is 0.374 e. The second-order valence-corrected chi connectivity index (χ2v) is 6.76. The third-order valence-corrected chi connectivity index (χ3v) is 5.28. The fraction of sp³-hybridized carbons (Fsp3) is 0.400. The molecule has 0 bridgehead atoms. The molecule has 23 heavy (non-hydrogen) atoms. The number of piperazine rings is 1. The summed E-state index contributed by atoms with van der Waals surface area (Å²) in [5.41, 5.74) is 7.97. The maximum Gasteiger partial charge on any atom is 0.210 e. The highest BCUT2D eigenvalue weighted by atomic mass is 32.1. The molecule has 4 rings (SSSR count). The Kier molecular flexibility index (Phi) is 3.62. The van der Waals surface area contributed by atoms with E-state index < -0.39 is 0 Å². The van der Waals surface area contributed by atoms with E-state index in [0.717, 1.165) is 37.0 Å². The van der Waals surface area contributed by atoms with Crippen LogP contribution in [0.1, 0.15) is 18.5 Å². The zero-order valence-electron chi connectivity index (χ0n) is 13.0. The Morgan fingerprint density at radius 3 is 2.74 bits per heavy atom. The lowest BCUT2D eigenvalue weighted by Crippen LogP contribution is -2.47. The topological polar surface area (TPSA) is 75.6 Å². The van der Waals surface area contributed by atoms with E-state index in [1.54, 1.807) is 0 Å². The second-order valence-electron chi connectivity index (χ2n) is 5.77. The van der Waals surface area contributed by atoms with Crippen molar-refractivity contribution in [2.75, 3.05) is 36.8 Å². The van der Waals surface area contributed by atoms with Crippen LogP contribution in [-0.2, 0) is 0 Å². The van der Waals surface area contributed by atoms with E-state index in [1.807, 2.05) is 16.8 Å². The number of nitrogens with two attached hydrogens (primary N) is 1. The summed E-state index contributed by atoms with van der Waals surface area (Å²) in [5.74, 6) is 0. The van der Waals surface area contributed by atoms with Gasteiger partial charge in [0.05, 0.1) is 0 Å². The van der Waals surface area contributed by atoms with Gasteiger partial charge in [0, 0.05) is 50.8 Å². The van der Waals surface area contributed by atoms with Gasteiger partial charge in [-0.25, -0.2) is 4.98 Å². The maximum atomic E-state index is 5.67. The summed E-state index contributed by atoms with van der Waals surface area (Å²) in [5, 5.41) is 9.49. The van der Waals surface area contributed by atoms with E-state index in [0.29, 0.717) is 11.2 Å². The summed E-state index contributed by atoms with van der Waals surface area (Å²) < 4.78 is 2.04. The van der Waals surface area contributed by atoms with E-state index in [2.05, 4.69) is 50.2 Å². The molecule has 0 spiro atoms. The van der Waals surface area contributed by atoms with E-state index in [9.17, 15) is 0 Å². The second kappa shape index (κ2) is 5.78. The number of hydrogen-bond donors (Lipinski definition) is 1. The van der Waals surface area contributed by atoms with Gasteiger partial charge in [-0.15, -0.1) is 10.2 Å². The Bertz CT molecular complexity index is 803. The van der Waals surface area contributed by atoms with Gasteiger partial charge < -0.3 is 15.0 Å². The lowest BCUT2D eigenvalue weighted by atomic mass is 10.1. The summed E-state index contributed by atoms with van der Waals surface area (Å²) in [4.78, 5) is 9.13. The molecule has 0 radical (unpaired) electrons. The average molecular weight is 329 g/mol.